The molecule has 0 saturated carbocycles. The van der Waals surface area contributed by atoms with Crippen molar-refractivity contribution in [3.8, 4) is 0 Å². The molecule has 7 heteroatoms. The van der Waals surface area contributed by atoms with Gasteiger partial charge in [0.25, 0.3) is 0 Å². The highest BCUT2D eigenvalue weighted by Crippen LogP contribution is 2.31. The van der Waals surface area contributed by atoms with E-state index >= 15 is 0 Å². The highest BCUT2D eigenvalue weighted by molar-refractivity contribution is 7.89. The lowest BCUT2D eigenvalue weighted by molar-refractivity contribution is 0.288. The third kappa shape index (κ3) is 2.75. The summed E-state index contributed by atoms with van der Waals surface area (Å²) in [5.74, 6) is 1.33. The topological polar surface area (TPSA) is 76.3 Å². The van der Waals surface area contributed by atoms with Crippen molar-refractivity contribution in [2.45, 2.75) is 49.8 Å². The minimum absolute atomic E-state index is 0.151. The first kappa shape index (κ1) is 15.8. The summed E-state index contributed by atoms with van der Waals surface area (Å²) < 4.78 is 32.9. The van der Waals surface area contributed by atoms with Gasteiger partial charge in [-0.25, -0.2) is 8.42 Å². The van der Waals surface area contributed by atoms with Crippen molar-refractivity contribution in [2.24, 2.45) is 0 Å². The standard InChI is InChI=1S/C17H21N3O3S/c1-12-18-19-17(23-12)14-7-9-20(10-8-14)24(21,22)16-6-5-13-3-2-4-15(13)11-16/h5-6,11,14H,2-4,7-10H2,1H3. The van der Waals surface area contributed by atoms with Crippen molar-refractivity contribution < 1.29 is 12.8 Å². The van der Waals surface area contributed by atoms with Gasteiger partial charge in [0.15, 0.2) is 0 Å². The number of rotatable bonds is 3. The first-order valence-corrected chi connectivity index (χ1v) is 9.90. The Bertz CT molecular complexity index is 852. The van der Waals surface area contributed by atoms with E-state index in [0.717, 1.165) is 19.3 Å². The fourth-order valence-electron chi connectivity index (χ4n) is 3.68. The number of nitrogens with zero attached hydrogens (tertiary/aromatic N) is 3. The predicted molar refractivity (Wildman–Crippen MR) is 88.2 cm³/mol. The highest BCUT2D eigenvalue weighted by Gasteiger charge is 2.32. The summed E-state index contributed by atoms with van der Waals surface area (Å²) in [6, 6.07) is 5.60. The predicted octanol–water partition coefficient (Wildman–Crippen LogP) is 2.44. The molecule has 1 aliphatic heterocycles. The second-order valence-electron chi connectivity index (χ2n) is 6.62. The van der Waals surface area contributed by atoms with Crippen LogP contribution >= 0.6 is 0 Å². The van der Waals surface area contributed by atoms with Crippen LogP contribution in [0.5, 0.6) is 0 Å². The summed E-state index contributed by atoms with van der Waals surface area (Å²) in [7, 11) is -3.42. The van der Waals surface area contributed by atoms with Crippen LogP contribution in [0.4, 0.5) is 0 Å². The van der Waals surface area contributed by atoms with E-state index in [9.17, 15) is 8.42 Å². The molecule has 0 bridgehead atoms. The molecule has 2 aliphatic rings. The van der Waals surface area contributed by atoms with E-state index in [1.165, 1.54) is 11.1 Å². The average molecular weight is 347 g/mol. The van der Waals surface area contributed by atoms with E-state index in [2.05, 4.69) is 10.2 Å². The van der Waals surface area contributed by atoms with Crippen molar-refractivity contribution >= 4 is 10.0 Å². The van der Waals surface area contributed by atoms with Gasteiger partial charge in [-0.3, -0.25) is 0 Å². The normalized spacial score (nSPS) is 19.5. The molecule has 4 rings (SSSR count). The molecular weight excluding hydrogens is 326 g/mol. The number of fused-ring (bicyclic) bond motifs is 1. The monoisotopic (exact) mass is 347 g/mol. The number of hydrogen-bond donors (Lipinski definition) is 0. The van der Waals surface area contributed by atoms with Crippen LogP contribution in [0.1, 0.15) is 48.1 Å². The molecule has 6 nitrogen and oxygen atoms in total. The van der Waals surface area contributed by atoms with E-state index in [1.54, 1.807) is 17.3 Å². The van der Waals surface area contributed by atoms with Crippen molar-refractivity contribution in [1.82, 2.24) is 14.5 Å². The molecular formula is C17H21N3O3S. The first-order chi connectivity index (χ1) is 11.5. The molecule has 0 spiro atoms. The SMILES string of the molecule is Cc1nnc(C2CCN(S(=O)(=O)c3ccc4c(c3)CCC4)CC2)o1. The number of sulfonamides is 1. The maximum atomic E-state index is 12.9. The molecule has 0 N–H and O–H groups in total. The third-order valence-electron chi connectivity index (χ3n) is 5.05. The minimum atomic E-state index is -3.42. The molecule has 0 atom stereocenters. The summed E-state index contributed by atoms with van der Waals surface area (Å²) in [6.07, 6.45) is 4.59. The van der Waals surface area contributed by atoms with E-state index in [-0.39, 0.29) is 5.92 Å². The van der Waals surface area contributed by atoms with Gasteiger partial charge in [-0.05, 0) is 55.4 Å². The van der Waals surface area contributed by atoms with Gasteiger partial charge in [0.1, 0.15) is 0 Å². The van der Waals surface area contributed by atoms with Gasteiger partial charge in [-0.2, -0.15) is 4.31 Å². The molecule has 0 radical (unpaired) electrons. The average Bonchev–Trinajstić information content (AvgIpc) is 3.23. The second-order valence-corrected chi connectivity index (χ2v) is 8.56. The van der Waals surface area contributed by atoms with Crippen molar-refractivity contribution in [1.29, 1.82) is 0 Å². The molecule has 128 valence electrons. The molecule has 1 fully saturated rings. The maximum Gasteiger partial charge on any atom is 0.243 e. The summed E-state index contributed by atoms with van der Waals surface area (Å²) in [5.41, 5.74) is 2.48. The van der Waals surface area contributed by atoms with Crippen LogP contribution < -0.4 is 0 Å². The fourth-order valence-corrected chi connectivity index (χ4v) is 5.20. The smallest absolute Gasteiger partial charge is 0.243 e. The molecule has 0 amide bonds. The van der Waals surface area contributed by atoms with E-state index in [4.69, 9.17) is 4.42 Å². The Morgan fingerprint density at radius 2 is 1.88 bits per heavy atom. The van der Waals surface area contributed by atoms with Gasteiger partial charge in [0.2, 0.25) is 21.8 Å². The summed E-state index contributed by atoms with van der Waals surface area (Å²) >= 11 is 0. The number of benzene rings is 1. The Kier molecular flexibility index (Phi) is 3.92. The number of aromatic nitrogens is 2. The van der Waals surface area contributed by atoms with Crippen molar-refractivity contribution in [3.63, 3.8) is 0 Å². The zero-order chi connectivity index (χ0) is 16.7. The van der Waals surface area contributed by atoms with Gasteiger partial charge in [-0.15, -0.1) is 10.2 Å². The van der Waals surface area contributed by atoms with Crippen LogP contribution in [0.3, 0.4) is 0 Å². The van der Waals surface area contributed by atoms with Crippen molar-refractivity contribution in [3.05, 3.63) is 41.1 Å². The van der Waals surface area contributed by atoms with Crippen LogP contribution in [0.2, 0.25) is 0 Å². The molecule has 0 unspecified atom stereocenters. The Morgan fingerprint density at radius 3 is 2.58 bits per heavy atom. The van der Waals surface area contributed by atoms with E-state index < -0.39 is 10.0 Å². The molecule has 1 saturated heterocycles. The van der Waals surface area contributed by atoms with Gasteiger partial charge in [-0.1, -0.05) is 6.07 Å². The fraction of sp³-hybridized carbons (Fsp3) is 0.529. The van der Waals surface area contributed by atoms with Crippen molar-refractivity contribution in [2.75, 3.05) is 13.1 Å². The lowest BCUT2D eigenvalue weighted by Crippen LogP contribution is -2.38. The molecule has 1 aromatic heterocycles. The Balaban J connectivity index is 1.50. The molecule has 2 heterocycles. The first-order valence-electron chi connectivity index (χ1n) is 8.46. The molecule has 2 aromatic rings. The van der Waals surface area contributed by atoms with Gasteiger partial charge >= 0.3 is 0 Å². The maximum absolute atomic E-state index is 12.9. The molecule has 1 aromatic carbocycles. The lowest BCUT2D eigenvalue weighted by Gasteiger charge is -2.29. The molecule has 1 aliphatic carbocycles. The number of aryl methyl sites for hydroxylation is 3. The molecule has 24 heavy (non-hydrogen) atoms. The Hall–Kier alpha value is -1.73. The van der Waals surface area contributed by atoms with Crippen LogP contribution in [-0.2, 0) is 22.9 Å². The number of hydrogen-bond acceptors (Lipinski definition) is 5. The third-order valence-corrected chi connectivity index (χ3v) is 6.95. The zero-order valence-corrected chi connectivity index (χ0v) is 14.6. The Labute approximate surface area is 141 Å². The van der Waals surface area contributed by atoms with E-state index in [0.29, 0.717) is 42.6 Å². The second kappa shape index (κ2) is 5.97. The highest BCUT2D eigenvalue weighted by atomic mass is 32.2. The largest absolute Gasteiger partial charge is 0.425 e. The summed E-state index contributed by atoms with van der Waals surface area (Å²) in [6.45, 7) is 2.75. The van der Waals surface area contributed by atoms with Gasteiger partial charge in [0, 0.05) is 25.9 Å². The van der Waals surface area contributed by atoms with Gasteiger partial charge < -0.3 is 4.42 Å². The van der Waals surface area contributed by atoms with Gasteiger partial charge in [0.05, 0.1) is 4.90 Å². The summed E-state index contributed by atoms with van der Waals surface area (Å²) in [5, 5.41) is 7.93. The van der Waals surface area contributed by atoms with Crippen LogP contribution in [-0.4, -0.2) is 36.0 Å². The summed E-state index contributed by atoms with van der Waals surface area (Å²) in [4.78, 5) is 0.426. The minimum Gasteiger partial charge on any atom is -0.425 e. The van der Waals surface area contributed by atoms with Crippen LogP contribution in [0.15, 0.2) is 27.5 Å². The quantitative estimate of drug-likeness (QED) is 0.852. The van der Waals surface area contributed by atoms with Crippen LogP contribution in [0.25, 0.3) is 0 Å². The Morgan fingerprint density at radius 1 is 1.12 bits per heavy atom. The van der Waals surface area contributed by atoms with E-state index in [1.807, 2.05) is 12.1 Å². The van der Waals surface area contributed by atoms with Crippen LogP contribution in [0, 0.1) is 6.92 Å². The number of piperidine rings is 1. The zero-order valence-electron chi connectivity index (χ0n) is 13.7. The lowest BCUT2D eigenvalue weighted by atomic mass is 9.98.